The van der Waals surface area contributed by atoms with Gasteiger partial charge >= 0.3 is 6.09 Å². The number of nitrogens with one attached hydrogen (secondary N) is 1. The lowest BCUT2D eigenvalue weighted by atomic mass is 10.1. The first-order valence-corrected chi connectivity index (χ1v) is 5.83. The van der Waals surface area contributed by atoms with Crippen LogP contribution in [-0.4, -0.2) is 43.1 Å². The Morgan fingerprint density at radius 1 is 1.44 bits per heavy atom. The Labute approximate surface area is 106 Å². The van der Waals surface area contributed by atoms with Gasteiger partial charge in [0.15, 0.2) is 0 Å². The molecule has 2 amide bonds. The monoisotopic (exact) mass is 248 g/mol. The molecular weight excluding hydrogens is 232 g/mol. The maximum atomic E-state index is 11.8. The number of carbonyl (C=O) groups excluding carboxylic acids is 2. The maximum Gasteiger partial charge on any atom is 0.410 e. The van der Waals surface area contributed by atoms with E-state index in [1.54, 1.807) is 19.2 Å². The van der Waals surface area contributed by atoms with Crippen LogP contribution in [0, 0.1) is 6.92 Å². The number of aryl methyl sites for hydroxylation is 1. The van der Waals surface area contributed by atoms with Gasteiger partial charge in [-0.15, -0.1) is 0 Å². The van der Waals surface area contributed by atoms with E-state index < -0.39 is 0 Å². The molecule has 1 aromatic carbocycles. The number of carbonyl (C=O) groups is 2. The van der Waals surface area contributed by atoms with Crippen LogP contribution in [0.3, 0.4) is 0 Å². The standard InChI is InChI=1S/C13H16N2O3/c1-9-3-5-10(6-4-9)12(16)14-7-11-8-15(2)13(17)18-11/h3-6,11H,7-8H2,1-2H3,(H,14,16). The molecule has 0 saturated carbocycles. The summed E-state index contributed by atoms with van der Waals surface area (Å²) in [4.78, 5) is 24.4. The molecule has 1 aliphatic rings. The van der Waals surface area contributed by atoms with E-state index in [0.717, 1.165) is 5.56 Å². The minimum atomic E-state index is -0.343. The van der Waals surface area contributed by atoms with Crippen LogP contribution in [-0.2, 0) is 4.74 Å². The molecule has 5 nitrogen and oxygen atoms in total. The second kappa shape index (κ2) is 5.08. The van der Waals surface area contributed by atoms with Crippen LogP contribution < -0.4 is 5.32 Å². The summed E-state index contributed by atoms with van der Waals surface area (Å²) in [6.07, 6.45) is -0.610. The molecular formula is C13H16N2O3. The average molecular weight is 248 g/mol. The van der Waals surface area contributed by atoms with Crippen LogP contribution in [0.5, 0.6) is 0 Å². The zero-order chi connectivity index (χ0) is 13.1. The molecule has 1 fully saturated rings. The predicted molar refractivity (Wildman–Crippen MR) is 66.4 cm³/mol. The fourth-order valence-electron chi connectivity index (χ4n) is 1.77. The second-order valence-corrected chi connectivity index (χ2v) is 4.46. The molecule has 0 bridgehead atoms. The number of benzene rings is 1. The maximum absolute atomic E-state index is 11.8. The van der Waals surface area contributed by atoms with Gasteiger partial charge in [0, 0.05) is 12.6 Å². The number of hydrogen-bond acceptors (Lipinski definition) is 3. The number of cyclic esters (lactones) is 1. The fraction of sp³-hybridized carbons (Fsp3) is 0.385. The molecule has 18 heavy (non-hydrogen) atoms. The van der Waals surface area contributed by atoms with E-state index in [1.807, 2.05) is 19.1 Å². The third-order valence-corrected chi connectivity index (χ3v) is 2.86. The summed E-state index contributed by atoms with van der Waals surface area (Å²) in [5, 5.41) is 2.76. The molecule has 96 valence electrons. The van der Waals surface area contributed by atoms with Crippen LogP contribution in [0.1, 0.15) is 15.9 Å². The quantitative estimate of drug-likeness (QED) is 0.873. The van der Waals surface area contributed by atoms with Gasteiger partial charge < -0.3 is 15.0 Å². The second-order valence-electron chi connectivity index (χ2n) is 4.46. The Hall–Kier alpha value is -2.04. The molecule has 1 aliphatic heterocycles. The van der Waals surface area contributed by atoms with Gasteiger partial charge in [0.1, 0.15) is 6.10 Å². The first kappa shape index (κ1) is 12.4. The van der Waals surface area contributed by atoms with Crippen LogP contribution in [0.25, 0.3) is 0 Å². The normalized spacial score (nSPS) is 18.7. The number of hydrogen-bond donors (Lipinski definition) is 1. The molecule has 0 spiro atoms. The van der Waals surface area contributed by atoms with Crippen LogP contribution >= 0.6 is 0 Å². The third kappa shape index (κ3) is 2.80. The molecule has 1 saturated heterocycles. The number of nitrogens with zero attached hydrogens (tertiary/aromatic N) is 1. The Balaban J connectivity index is 1.85. The lowest BCUT2D eigenvalue weighted by Crippen LogP contribution is -2.34. The van der Waals surface area contributed by atoms with Crippen molar-refractivity contribution in [2.45, 2.75) is 13.0 Å². The van der Waals surface area contributed by atoms with Crippen LogP contribution in [0.4, 0.5) is 4.79 Å². The van der Waals surface area contributed by atoms with E-state index in [2.05, 4.69) is 5.32 Å². The summed E-state index contributed by atoms with van der Waals surface area (Å²) in [7, 11) is 1.67. The number of rotatable bonds is 3. The SMILES string of the molecule is Cc1ccc(C(=O)NCC2CN(C)C(=O)O2)cc1. The summed E-state index contributed by atoms with van der Waals surface area (Å²) in [5.74, 6) is -0.152. The van der Waals surface area contributed by atoms with Crippen molar-refractivity contribution in [3.8, 4) is 0 Å². The Morgan fingerprint density at radius 3 is 2.67 bits per heavy atom. The van der Waals surface area contributed by atoms with Gasteiger partial charge in [0.25, 0.3) is 5.91 Å². The van der Waals surface area contributed by atoms with Crippen LogP contribution in [0.2, 0.25) is 0 Å². The molecule has 1 N–H and O–H groups in total. The highest BCUT2D eigenvalue weighted by Crippen LogP contribution is 2.08. The molecule has 1 aromatic rings. The molecule has 1 unspecified atom stereocenters. The van der Waals surface area contributed by atoms with Gasteiger partial charge in [-0.1, -0.05) is 17.7 Å². The first-order chi connectivity index (χ1) is 8.56. The van der Waals surface area contributed by atoms with Crippen molar-refractivity contribution in [2.75, 3.05) is 20.1 Å². The zero-order valence-corrected chi connectivity index (χ0v) is 10.5. The zero-order valence-electron chi connectivity index (χ0n) is 10.5. The molecule has 1 heterocycles. The van der Waals surface area contributed by atoms with Crippen LogP contribution in [0.15, 0.2) is 24.3 Å². The lowest BCUT2D eigenvalue weighted by molar-refractivity contribution is 0.0915. The van der Waals surface area contributed by atoms with Gasteiger partial charge in [0.2, 0.25) is 0 Å². The average Bonchev–Trinajstić information content (AvgIpc) is 2.67. The van der Waals surface area contributed by atoms with Crippen molar-refractivity contribution in [1.29, 1.82) is 0 Å². The third-order valence-electron chi connectivity index (χ3n) is 2.86. The fourth-order valence-corrected chi connectivity index (χ4v) is 1.77. The summed E-state index contributed by atoms with van der Waals surface area (Å²) in [6, 6.07) is 7.32. The van der Waals surface area contributed by atoms with Crippen molar-refractivity contribution in [1.82, 2.24) is 10.2 Å². The molecule has 1 atom stereocenters. The van der Waals surface area contributed by atoms with Gasteiger partial charge in [-0.3, -0.25) is 4.79 Å². The minimum absolute atomic E-state index is 0.152. The molecule has 5 heteroatoms. The van der Waals surface area contributed by atoms with E-state index in [4.69, 9.17) is 4.74 Å². The highest BCUT2D eigenvalue weighted by Gasteiger charge is 2.28. The van der Waals surface area contributed by atoms with E-state index >= 15 is 0 Å². The topological polar surface area (TPSA) is 58.6 Å². The van der Waals surface area contributed by atoms with E-state index in [1.165, 1.54) is 4.90 Å². The first-order valence-electron chi connectivity index (χ1n) is 5.83. The molecule has 0 aliphatic carbocycles. The van der Waals surface area contributed by atoms with Gasteiger partial charge in [-0.2, -0.15) is 0 Å². The van der Waals surface area contributed by atoms with Crippen molar-refractivity contribution in [3.05, 3.63) is 35.4 Å². The highest BCUT2D eigenvalue weighted by atomic mass is 16.6. The highest BCUT2D eigenvalue weighted by molar-refractivity contribution is 5.94. The molecule has 2 rings (SSSR count). The summed E-state index contributed by atoms with van der Waals surface area (Å²) in [5.41, 5.74) is 1.72. The van der Waals surface area contributed by atoms with Gasteiger partial charge in [-0.25, -0.2) is 4.79 Å². The Kier molecular flexibility index (Phi) is 3.50. The van der Waals surface area contributed by atoms with Crippen molar-refractivity contribution < 1.29 is 14.3 Å². The Morgan fingerprint density at radius 2 is 2.11 bits per heavy atom. The Bertz CT molecular complexity index is 456. The van der Waals surface area contributed by atoms with E-state index in [-0.39, 0.29) is 18.1 Å². The predicted octanol–water partition coefficient (Wildman–Crippen LogP) is 1.18. The number of ether oxygens (including phenoxy) is 1. The largest absolute Gasteiger partial charge is 0.442 e. The molecule has 0 radical (unpaired) electrons. The summed E-state index contributed by atoms with van der Waals surface area (Å²) >= 11 is 0. The van der Waals surface area contributed by atoms with Crippen molar-refractivity contribution in [2.24, 2.45) is 0 Å². The smallest absolute Gasteiger partial charge is 0.410 e. The van der Waals surface area contributed by atoms with Crippen molar-refractivity contribution >= 4 is 12.0 Å². The lowest BCUT2D eigenvalue weighted by Gasteiger charge is -2.09. The summed E-state index contributed by atoms with van der Waals surface area (Å²) < 4.78 is 5.05. The number of likely N-dealkylation sites (N-methyl/N-ethyl adjacent to an activating group) is 1. The summed E-state index contributed by atoms with van der Waals surface area (Å²) in [6.45, 7) is 2.81. The van der Waals surface area contributed by atoms with E-state index in [0.29, 0.717) is 18.7 Å². The van der Waals surface area contributed by atoms with E-state index in [9.17, 15) is 9.59 Å². The number of amides is 2. The van der Waals surface area contributed by atoms with Crippen molar-refractivity contribution in [3.63, 3.8) is 0 Å². The van der Waals surface area contributed by atoms with Gasteiger partial charge in [0.05, 0.1) is 13.1 Å². The van der Waals surface area contributed by atoms with Gasteiger partial charge in [-0.05, 0) is 19.1 Å². The minimum Gasteiger partial charge on any atom is -0.442 e. The molecule has 0 aromatic heterocycles.